The van der Waals surface area contributed by atoms with E-state index in [1.165, 1.54) is 18.3 Å². The molecule has 1 aliphatic heterocycles. The molecule has 0 unspecified atom stereocenters. The van der Waals surface area contributed by atoms with Crippen molar-refractivity contribution in [3.63, 3.8) is 0 Å². The number of likely N-dealkylation sites (tertiary alicyclic amines) is 1. The molecule has 1 N–H and O–H groups in total. The molecular formula is C34H54N6O5S. The summed E-state index contributed by atoms with van der Waals surface area (Å²) in [6, 6.07) is 1.68. The Morgan fingerprint density at radius 2 is 1.89 bits per heavy atom. The van der Waals surface area contributed by atoms with Crippen molar-refractivity contribution in [2.75, 3.05) is 27.2 Å². The molecule has 2 aromatic heterocycles. The highest BCUT2D eigenvalue weighted by atomic mass is 32.1. The second kappa shape index (κ2) is 16.1. The number of carbonyl (C=O) groups excluding carboxylic acids is 4. The van der Waals surface area contributed by atoms with Crippen molar-refractivity contribution in [1.82, 2.24) is 29.9 Å². The number of nitrogens with zero attached hydrogens (tertiary/aromatic N) is 5. The van der Waals surface area contributed by atoms with Gasteiger partial charge in [0.15, 0.2) is 11.9 Å². The maximum absolute atomic E-state index is 14.2. The van der Waals surface area contributed by atoms with Gasteiger partial charge >= 0.3 is 5.97 Å². The number of aromatic nitrogens is 3. The Kier molecular flexibility index (Phi) is 13.1. The van der Waals surface area contributed by atoms with Gasteiger partial charge in [0.05, 0.1) is 17.8 Å². The predicted molar refractivity (Wildman–Crippen MR) is 180 cm³/mol. The highest BCUT2D eigenvalue weighted by Crippen LogP contribution is 2.35. The first-order chi connectivity index (χ1) is 21.6. The van der Waals surface area contributed by atoms with Crippen molar-refractivity contribution in [2.45, 2.75) is 112 Å². The van der Waals surface area contributed by atoms with Gasteiger partial charge in [0.1, 0.15) is 10.7 Å². The molecule has 1 fully saturated rings. The maximum atomic E-state index is 14.2. The molecule has 3 rings (SSSR count). The van der Waals surface area contributed by atoms with Crippen molar-refractivity contribution in [1.29, 1.82) is 0 Å². The van der Waals surface area contributed by atoms with Crippen LogP contribution >= 0.6 is 11.3 Å². The van der Waals surface area contributed by atoms with Crippen LogP contribution in [0.1, 0.15) is 107 Å². The number of likely N-dealkylation sites (N-methyl/N-ethyl adjacent to an activating group) is 1. The smallest absolute Gasteiger partial charge is 0.303 e. The summed E-state index contributed by atoms with van der Waals surface area (Å²) in [4.78, 5) is 61.3. The SMILES string of the molecule is CC[C@H](C)[C@H](CC(=O)[C@@]1(C)CCCN1C)C(=O)N(C)[C@H](C[C@@H](OC(C)=O)c1nc(C(=O)NCCn2nc(C)cc2C)cs1)C(C)C. The first-order valence-corrected chi connectivity index (χ1v) is 17.4. The number of ketones is 1. The lowest BCUT2D eigenvalue weighted by atomic mass is 9.80. The van der Waals surface area contributed by atoms with Crippen LogP contribution in [0.4, 0.5) is 0 Å². The number of carbonyl (C=O) groups is 4. The molecule has 2 aromatic rings. The Hall–Kier alpha value is -3.12. The molecular weight excluding hydrogens is 604 g/mol. The second-order valence-corrected chi connectivity index (χ2v) is 14.4. The molecule has 11 nitrogen and oxygen atoms in total. The quantitative estimate of drug-likeness (QED) is 0.251. The van der Waals surface area contributed by atoms with Gasteiger partial charge in [-0.3, -0.25) is 28.8 Å². The van der Waals surface area contributed by atoms with E-state index >= 15 is 0 Å². The van der Waals surface area contributed by atoms with E-state index in [0.29, 0.717) is 24.5 Å². The first-order valence-electron chi connectivity index (χ1n) is 16.5. The number of esters is 1. The number of thiazole rings is 1. The summed E-state index contributed by atoms with van der Waals surface area (Å²) in [5, 5.41) is 9.47. The van der Waals surface area contributed by atoms with Crippen LogP contribution in [0.5, 0.6) is 0 Å². The summed E-state index contributed by atoms with van der Waals surface area (Å²) in [6.07, 6.45) is 2.32. The van der Waals surface area contributed by atoms with Crippen molar-refractivity contribution in [3.8, 4) is 0 Å². The topological polar surface area (TPSA) is 127 Å². The molecule has 2 amide bonds. The molecule has 12 heteroatoms. The largest absolute Gasteiger partial charge is 0.455 e. The van der Waals surface area contributed by atoms with E-state index in [1.54, 1.807) is 17.3 Å². The predicted octanol–water partition coefficient (Wildman–Crippen LogP) is 4.97. The summed E-state index contributed by atoms with van der Waals surface area (Å²) >= 11 is 1.25. The number of nitrogens with one attached hydrogen (secondary N) is 1. The Morgan fingerprint density at radius 3 is 2.43 bits per heavy atom. The Labute approximate surface area is 278 Å². The van der Waals surface area contributed by atoms with Gasteiger partial charge in [-0.05, 0) is 65.1 Å². The van der Waals surface area contributed by atoms with Crippen molar-refractivity contribution in [3.05, 3.63) is 33.5 Å². The summed E-state index contributed by atoms with van der Waals surface area (Å²) in [7, 11) is 3.77. The van der Waals surface area contributed by atoms with Crippen LogP contribution in [-0.4, -0.2) is 86.9 Å². The molecule has 0 aliphatic carbocycles. The Bertz CT molecular complexity index is 1370. The van der Waals surface area contributed by atoms with E-state index in [-0.39, 0.29) is 47.6 Å². The molecule has 0 bridgehead atoms. The minimum absolute atomic E-state index is 0.0209. The second-order valence-electron chi connectivity index (χ2n) is 13.5. The van der Waals surface area contributed by atoms with Crippen molar-refractivity contribution < 1.29 is 23.9 Å². The highest BCUT2D eigenvalue weighted by molar-refractivity contribution is 7.09. The maximum Gasteiger partial charge on any atom is 0.303 e. The fourth-order valence-corrected chi connectivity index (χ4v) is 7.25. The van der Waals surface area contributed by atoms with Crippen LogP contribution in [0.2, 0.25) is 0 Å². The Balaban J connectivity index is 1.75. The summed E-state index contributed by atoms with van der Waals surface area (Å²) in [5.74, 6) is -1.16. The third-order valence-electron chi connectivity index (χ3n) is 9.77. The van der Waals surface area contributed by atoms with Crippen LogP contribution < -0.4 is 5.32 Å². The average Bonchev–Trinajstić information content (AvgIpc) is 3.71. The van der Waals surface area contributed by atoms with Crippen molar-refractivity contribution >= 4 is 34.9 Å². The number of rotatable bonds is 16. The fraction of sp³-hybridized carbons (Fsp3) is 0.706. The van der Waals surface area contributed by atoms with Crippen LogP contribution in [0.15, 0.2) is 11.4 Å². The van der Waals surface area contributed by atoms with Gasteiger partial charge in [0, 0.05) is 56.4 Å². The van der Waals surface area contributed by atoms with E-state index in [0.717, 1.165) is 37.2 Å². The fourth-order valence-electron chi connectivity index (χ4n) is 6.41. The minimum Gasteiger partial charge on any atom is -0.455 e. The van der Waals surface area contributed by atoms with Gasteiger partial charge in [-0.15, -0.1) is 11.3 Å². The van der Waals surface area contributed by atoms with E-state index < -0.39 is 23.5 Å². The molecule has 3 heterocycles. The standard InChI is InChI=1S/C34H54N6O5S/c1-11-22(4)26(18-30(42)34(8)13-12-15-38(34)9)33(44)39(10)28(21(2)3)19-29(45-25(7)41)32-36-27(20-46-32)31(43)35-14-16-40-24(6)17-23(5)37-40/h17,20-22,26,28-29H,11-16,18-19H2,1-10H3,(H,35,43)/t22-,26-,28+,29+,34+/m0/s1. The molecule has 1 saturated heterocycles. The third kappa shape index (κ3) is 9.02. The number of hydrogen-bond donors (Lipinski definition) is 1. The van der Waals surface area contributed by atoms with E-state index in [4.69, 9.17) is 4.74 Å². The molecule has 46 heavy (non-hydrogen) atoms. The first kappa shape index (κ1) is 37.3. The van der Waals surface area contributed by atoms with Gasteiger partial charge in [-0.1, -0.05) is 34.1 Å². The molecule has 5 atom stereocenters. The van der Waals surface area contributed by atoms with Crippen molar-refractivity contribution in [2.24, 2.45) is 17.8 Å². The molecule has 0 saturated carbocycles. The number of Topliss-reactive ketones (excluding diaryl/α,β-unsaturated/α-hetero) is 1. The average molecular weight is 659 g/mol. The Morgan fingerprint density at radius 1 is 1.20 bits per heavy atom. The zero-order chi connectivity index (χ0) is 34.3. The molecule has 0 spiro atoms. The number of ether oxygens (including phenoxy) is 1. The van der Waals surface area contributed by atoms with E-state index in [9.17, 15) is 19.2 Å². The monoisotopic (exact) mass is 658 g/mol. The lowest BCUT2D eigenvalue weighted by Gasteiger charge is -2.38. The number of hydrogen-bond acceptors (Lipinski definition) is 9. The molecule has 256 valence electrons. The summed E-state index contributed by atoms with van der Waals surface area (Å²) in [6.45, 7) is 17.2. The third-order valence-corrected chi connectivity index (χ3v) is 10.7. The van der Waals surface area contributed by atoms with Gasteiger partial charge in [-0.25, -0.2) is 4.98 Å². The highest BCUT2D eigenvalue weighted by Gasteiger charge is 2.43. The van der Waals surface area contributed by atoms with Crippen LogP contribution in [-0.2, 0) is 25.7 Å². The zero-order valence-electron chi connectivity index (χ0n) is 29.4. The lowest BCUT2D eigenvalue weighted by molar-refractivity contribution is -0.149. The van der Waals surface area contributed by atoms with E-state index in [1.807, 2.05) is 66.3 Å². The number of aryl methyl sites for hydroxylation is 2. The number of amides is 2. The van der Waals surface area contributed by atoms with Crippen LogP contribution in [0.25, 0.3) is 0 Å². The normalized spacial score (nSPS) is 19.5. The van der Waals surface area contributed by atoms with Crippen LogP contribution in [0, 0.1) is 31.6 Å². The zero-order valence-corrected chi connectivity index (χ0v) is 30.2. The van der Waals surface area contributed by atoms with Gasteiger partial charge < -0.3 is 15.0 Å². The minimum atomic E-state index is -0.740. The van der Waals surface area contributed by atoms with E-state index in [2.05, 4.69) is 20.3 Å². The molecule has 1 aliphatic rings. The summed E-state index contributed by atoms with van der Waals surface area (Å²) < 4.78 is 7.59. The van der Waals surface area contributed by atoms with Gasteiger partial charge in [-0.2, -0.15) is 5.10 Å². The summed E-state index contributed by atoms with van der Waals surface area (Å²) in [5.41, 5.74) is 1.64. The lowest BCUT2D eigenvalue weighted by Crippen LogP contribution is -2.50. The molecule has 0 radical (unpaired) electrons. The molecule has 0 aromatic carbocycles. The van der Waals surface area contributed by atoms with Gasteiger partial charge in [0.25, 0.3) is 5.91 Å². The van der Waals surface area contributed by atoms with Gasteiger partial charge in [0.2, 0.25) is 5.91 Å². The van der Waals surface area contributed by atoms with Crippen LogP contribution in [0.3, 0.4) is 0 Å².